The van der Waals surface area contributed by atoms with E-state index in [4.69, 9.17) is 27.9 Å². The van der Waals surface area contributed by atoms with Crippen molar-refractivity contribution >= 4 is 35.1 Å². The molecule has 30 heavy (non-hydrogen) atoms. The van der Waals surface area contributed by atoms with Crippen molar-refractivity contribution in [3.63, 3.8) is 0 Å². The third-order valence-electron chi connectivity index (χ3n) is 9.60. The number of carbonyl (C=O) groups is 2. The van der Waals surface area contributed by atoms with Crippen LogP contribution in [-0.4, -0.2) is 47.7 Å². The Kier molecular flexibility index (Phi) is 6.67. The van der Waals surface area contributed by atoms with Crippen molar-refractivity contribution in [3.05, 3.63) is 0 Å². The van der Waals surface area contributed by atoms with Crippen molar-refractivity contribution in [1.82, 2.24) is 4.90 Å². The van der Waals surface area contributed by atoms with Crippen LogP contribution in [0.2, 0.25) is 0 Å². The molecular weight excluding hydrogens is 421 g/mol. The van der Waals surface area contributed by atoms with E-state index in [-0.39, 0.29) is 17.6 Å². The third-order valence-corrected chi connectivity index (χ3v) is 9.94. The molecule has 0 saturated heterocycles. The first kappa shape index (κ1) is 22.7. The Morgan fingerprint density at radius 1 is 1.00 bits per heavy atom. The number of alkyl halides is 2. The molecular formula is C24H37Cl2NO3. The number of rotatable bonds is 5. The van der Waals surface area contributed by atoms with Crippen LogP contribution in [0.15, 0.2) is 0 Å². The highest BCUT2D eigenvalue weighted by Gasteiger charge is 2.61. The highest BCUT2D eigenvalue weighted by molar-refractivity contribution is 6.18. The second-order valence-electron chi connectivity index (χ2n) is 10.8. The summed E-state index contributed by atoms with van der Waals surface area (Å²) in [5, 5.41) is 0. The lowest BCUT2D eigenvalue weighted by Gasteiger charge is -2.60. The fraction of sp³-hybridized carbons (Fsp3) is 0.917. The van der Waals surface area contributed by atoms with Gasteiger partial charge in [0.1, 0.15) is 11.9 Å². The van der Waals surface area contributed by atoms with Crippen molar-refractivity contribution < 1.29 is 14.3 Å². The van der Waals surface area contributed by atoms with Gasteiger partial charge in [0.25, 0.3) is 0 Å². The maximum absolute atomic E-state index is 12.8. The van der Waals surface area contributed by atoms with Crippen molar-refractivity contribution in [2.45, 2.75) is 77.7 Å². The topological polar surface area (TPSA) is 46.6 Å². The second kappa shape index (κ2) is 8.81. The molecule has 7 atom stereocenters. The van der Waals surface area contributed by atoms with Gasteiger partial charge in [-0.15, -0.1) is 23.2 Å². The number of amides is 1. The molecule has 4 aliphatic rings. The molecule has 0 heterocycles. The van der Waals surface area contributed by atoms with Crippen LogP contribution in [0.4, 0.5) is 4.79 Å². The van der Waals surface area contributed by atoms with E-state index < -0.39 is 0 Å². The lowest BCUT2D eigenvalue weighted by molar-refractivity contribution is -0.142. The molecule has 4 fully saturated rings. The van der Waals surface area contributed by atoms with E-state index in [0.29, 0.717) is 53.8 Å². The Labute approximate surface area is 191 Å². The molecule has 4 nitrogen and oxygen atoms in total. The fourth-order valence-corrected chi connectivity index (χ4v) is 8.29. The summed E-state index contributed by atoms with van der Waals surface area (Å²) in [6.45, 7) is 5.80. The average Bonchev–Trinajstić information content (AvgIpc) is 3.04. The zero-order valence-corrected chi connectivity index (χ0v) is 20.0. The number of carbonyl (C=O) groups excluding carboxylic acids is 2. The molecule has 1 amide bonds. The summed E-state index contributed by atoms with van der Waals surface area (Å²) in [5.41, 5.74) is 0.391. The number of halogens is 2. The zero-order chi connectivity index (χ0) is 21.5. The molecule has 0 aromatic rings. The van der Waals surface area contributed by atoms with E-state index in [2.05, 4.69) is 13.8 Å². The monoisotopic (exact) mass is 457 g/mol. The molecule has 0 N–H and O–H groups in total. The van der Waals surface area contributed by atoms with Crippen LogP contribution in [0.3, 0.4) is 0 Å². The number of nitrogens with zero attached hydrogens (tertiary/aromatic N) is 1. The number of fused-ring (bicyclic) bond motifs is 5. The zero-order valence-electron chi connectivity index (χ0n) is 18.5. The summed E-state index contributed by atoms with van der Waals surface area (Å²) in [5.74, 6) is 3.90. The third kappa shape index (κ3) is 3.78. The van der Waals surface area contributed by atoms with Gasteiger partial charge in [0.05, 0.1) is 0 Å². The summed E-state index contributed by atoms with van der Waals surface area (Å²) in [6.07, 6.45) is 9.26. The van der Waals surface area contributed by atoms with E-state index in [1.807, 2.05) is 0 Å². The van der Waals surface area contributed by atoms with Crippen LogP contribution in [0, 0.1) is 34.5 Å². The van der Waals surface area contributed by atoms with Crippen LogP contribution >= 0.6 is 23.2 Å². The molecule has 0 spiro atoms. The molecule has 0 aromatic carbocycles. The predicted octanol–water partition coefficient (Wildman–Crippen LogP) is 5.88. The maximum Gasteiger partial charge on any atom is 0.410 e. The van der Waals surface area contributed by atoms with E-state index in [1.165, 1.54) is 19.3 Å². The first-order valence-corrected chi connectivity index (χ1v) is 13.0. The number of ketones is 1. The number of hydrogen-bond donors (Lipinski definition) is 0. The van der Waals surface area contributed by atoms with Crippen molar-refractivity contribution in [2.24, 2.45) is 34.5 Å². The van der Waals surface area contributed by atoms with Crippen molar-refractivity contribution in [1.29, 1.82) is 0 Å². The smallest absolute Gasteiger partial charge is 0.410 e. The first-order chi connectivity index (χ1) is 14.3. The van der Waals surface area contributed by atoms with Gasteiger partial charge in [-0.05, 0) is 74.0 Å². The lowest BCUT2D eigenvalue weighted by Crippen LogP contribution is -2.54. The van der Waals surface area contributed by atoms with Crippen LogP contribution < -0.4 is 0 Å². The van der Waals surface area contributed by atoms with Gasteiger partial charge in [0.2, 0.25) is 0 Å². The molecule has 0 aliphatic heterocycles. The Hall–Kier alpha value is -0.480. The fourth-order valence-electron chi connectivity index (χ4n) is 7.89. The van der Waals surface area contributed by atoms with E-state index in [9.17, 15) is 9.59 Å². The van der Waals surface area contributed by atoms with Gasteiger partial charge in [-0.2, -0.15) is 0 Å². The predicted molar refractivity (Wildman–Crippen MR) is 120 cm³/mol. The van der Waals surface area contributed by atoms with Gasteiger partial charge in [0.15, 0.2) is 0 Å². The highest BCUT2D eigenvalue weighted by Crippen LogP contribution is 2.66. The number of ether oxygens (including phenoxy) is 1. The number of Topliss-reactive ketones (excluding diaryl/α,β-unsaturated/α-hetero) is 1. The molecule has 0 aromatic heterocycles. The SMILES string of the molecule is C[C@]12CCC(=O)C[C@@H]1CC[C@@H]1[C@@H]2CC[C@]2(C)[C@@H](OC(=O)N(CCCl)CCCl)CC[C@@H]12. The molecule has 170 valence electrons. The van der Waals surface area contributed by atoms with Crippen LogP contribution in [0.5, 0.6) is 0 Å². The Bertz CT molecular complexity index is 667. The van der Waals surface area contributed by atoms with E-state index >= 15 is 0 Å². The van der Waals surface area contributed by atoms with Gasteiger partial charge in [-0.1, -0.05) is 13.8 Å². The Balaban J connectivity index is 1.47. The van der Waals surface area contributed by atoms with E-state index in [1.54, 1.807) is 4.90 Å². The molecule has 4 saturated carbocycles. The largest absolute Gasteiger partial charge is 0.446 e. The summed E-state index contributed by atoms with van der Waals surface area (Å²) in [4.78, 5) is 26.5. The van der Waals surface area contributed by atoms with Crippen LogP contribution in [0.25, 0.3) is 0 Å². The quantitative estimate of drug-likeness (QED) is 0.483. The van der Waals surface area contributed by atoms with Crippen molar-refractivity contribution in [3.8, 4) is 0 Å². The Morgan fingerprint density at radius 3 is 2.40 bits per heavy atom. The second-order valence-corrected chi connectivity index (χ2v) is 11.5. The molecule has 0 bridgehead atoms. The highest BCUT2D eigenvalue weighted by atomic mass is 35.5. The van der Waals surface area contributed by atoms with Gasteiger partial charge >= 0.3 is 6.09 Å². The minimum Gasteiger partial charge on any atom is -0.446 e. The molecule has 6 heteroatoms. The summed E-state index contributed by atoms with van der Waals surface area (Å²) < 4.78 is 6.10. The molecule has 0 radical (unpaired) electrons. The Morgan fingerprint density at radius 2 is 1.70 bits per heavy atom. The maximum atomic E-state index is 12.8. The average molecular weight is 458 g/mol. The standard InChI is InChI=1S/C24H37Cl2NO3/c1-23-9-7-17(28)15-16(23)3-4-18-19-5-6-21(24(19,2)10-8-20(18)23)30-22(29)27(13-11-25)14-12-26/h16,18-21H,3-15H2,1-2H3/t16-,18-,19-,20-,21-,23-,24-/m0/s1. The minimum absolute atomic E-state index is 0.0115. The summed E-state index contributed by atoms with van der Waals surface area (Å²) in [7, 11) is 0. The normalized spacial score (nSPS) is 42.8. The van der Waals surface area contributed by atoms with Crippen LogP contribution in [0.1, 0.15) is 71.6 Å². The van der Waals surface area contributed by atoms with Gasteiger partial charge in [-0.25, -0.2) is 4.79 Å². The van der Waals surface area contributed by atoms with Crippen molar-refractivity contribution in [2.75, 3.05) is 24.8 Å². The molecule has 0 unspecified atom stereocenters. The lowest BCUT2D eigenvalue weighted by atomic mass is 9.45. The number of hydrogen-bond acceptors (Lipinski definition) is 3. The molecule has 4 rings (SSSR count). The van der Waals surface area contributed by atoms with Gasteiger partial charge in [-0.3, -0.25) is 4.79 Å². The first-order valence-electron chi connectivity index (χ1n) is 11.9. The van der Waals surface area contributed by atoms with Gasteiger partial charge in [0, 0.05) is 43.1 Å². The summed E-state index contributed by atoms with van der Waals surface area (Å²) >= 11 is 11.7. The van der Waals surface area contributed by atoms with E-state index in [0.717, 1.165) is 44.4 Å². The summed E-state index contributed by atoms with van der Waals surface area (Å²) in [6, 6.07) is 0. The van der Waals surface area contributed by atoms with Crippen LogP contribution in [-0.2, 0) is 9.53 Å². The van der Waals surface area contributed by atoms with Gasteiger partial charge < -0.3 is 9.64 Å². The minimum atomic E-state index is -0.258. The molecule has 4 aliphatic carbocycles.